The molecule has 0 bridgehead atoms. The molecule has 0 rings (SSSR count). The third kappa shape index (κ3) is 6.21. The van der Waals surface area contributed by atoms with Crippen molar-refractivity contribution < 1.29 is 9.59 Å². The largest absolute Gasteiger partial charge is 0.358 e. The minimum atomic E-state index is -0.342. The molecule has 0 fully saturated rings. The number of thiol groups is 2. The van der Waals surface area contributed by atoms with Crippen molar-refractivity contribution in [2.75, 3.05) is 25.6 Å². The third-order valence-electron chi connectivity index (χ3n) is 1.65. The molecule has 2 atom stereocenters. The quantitative estimate of drug-likeness (QED) is 0.505. The van der Waals surface area contributed by atoms with Crippen LogP contribution in [0.5, 0.6) is 0 Å². The van der Waals surface area contributed by atoms with Crippen LogP contribution in [-0.2, 0) is 9.59 Å². The van der Waals surface area contributed by atoms with Gasteiger partial charge < -0.3 is 10.6 Å². The zero-order valence-corrected chi connectivity index (χ0v) is 11.3. The molecule has 15 heavy (non-hydrogen) atoms. The number of amides is 2. The van der Waals surface area contributed by atoms with Gasteiger partial charge in [-0.15, -0.1) is 0 Å². The van der Waals surface area contributed by atoms with E-state index in [2.05, 4.69) is 35.9 Å². The van der Waals surface area contributed by atoms with Crippen LogP contribution in [0.1, 0.15) is 0 Å². The van der Waals surface area contributed by atoms with Crippen LogP contribution >= 0.6 is 37.0 Å². The second-order valence-corrected chi connectivity index (χ2v) is 5.12. The molecule has 0 aromatic rings. The molecule has 0 heterocycles. The first kappa shape index (κ1) is 15.0. The van der Waals surface area contributed by atoms with Crippen LogP contribution in [0.2, 0.25) is 0 Å². The highest BCUT2D eigenvalue weighted by Gasteiger charge is 2.15. The average molecular weight is 268 g/mol. The topological polar surface area (TPSA) is 58.2 Å². The number of carbonyl (C=O) groups is 2. The van der Waals surface area contributed by atoms with Gasteiger partial charge in [0.05, 0.1) is 10.5 Å². The number of hydrogen-bond acceptors (Lipinski definition) is 5. The Morgan fingerprint density at radius 3 is 1.67 bits per heavy atom. The minimum absolute atomic E-state index is 0.110. The van der Waals surface area contributed by atoms with Crippen LogP contribution in [0, 0.1) is 0 Å². The van der Waals surface area contributed by atoms with Crippen molar-refractivity contribution in [3.8, 4) is 0 Å². The van der Waals surface area contributed by atoms with E-state index in [1.807, 2.05) is 0 Å². The smallest absolute Gasteiger partial charge is 0.233 e. The SMILES string of the molecule is CNC(=O)C(S)CSCC(S)C(=O)NC. The molecule has 2 N–H and O–H groups in total. The Morgan fingerprint density at radius 2 is 1.40 bits per heavy atom. The summed E-state index contributed by atoms with van der Waals surface area (Å²) in [4.78, 5) is 22.2. The Labute approximate surface area is 105 Å². The average Bonchev–Trinajstić information content (AvgIpc) is 2.26. The van der Waals surface area contributed by atoms with Crippen LogP contribution < -0.4 is 10.6 Å². The molecule has 0 saturated heterocycles. The van der Waals surface area contributed by atoms with Crippen molar-refractivity contribution in [1.82, 2.24) is 10.6 Å². The van der Waals surface area contributed by atoms with Gasteiger partial charge in [0.1, 0.15) is 0 Å². The standard InChI is InChI=1S/C8H16N2O2S3/c1-9-7(11)5(13)3-15-4-6(14)8(12)10-2/h5-6,13-14H,3-4H2,1-2H3,(H,9,11)(H,10,12). The van der Waals surface area contributed by atoms with E-state index in [0.717, 1.165) is 0 Å². The first-order valence-electron chi connectivity index (χ1n) is 4.40. The van der Waals surface area contributed by atoms with Crippen molar-refractivity contribution in [2.24, 2.45) is 0 Å². The van der Waals surface area contributed by atoms with Gasteiger partial charge in [0, 0.05) is 25.6 Å². The monoisotopic (exact) mass is 268 g/mol. The van der Waals surface area contributed by atoms with Crippen molar-refractivity contribution in [3.63, 3.8) is 0 Å². The van der Waals surface area contributed by atoms with Gasteiger partial charge in [-0.25, -0.2) is 0 Å². The Hall–Kier alpha value is -0.0100. The van der Waals surface area contributed by atoms with Gasteiger partial charge in [0.25, 0.3) is 0 Å². The van der Waals surface area contributed by atoms with Crippen LogP contribution in [-0.4, -0.2) is 47.9 Å². The molecule has 88 valence electrons. The lowest BCUT2D eigenvalue weighted by molar-refractivity contribution is -0.120. The van der Waals surface area contributed by atoms with Gasteiger partial charge in [-0.05, 0) is 0 Å². The fraction of sp³-hybridized carbons (Fsp3) is 0.750. The van der Waals surface area contributed by atoms with Crippen LogP contribution in [0.25, 0.3) is 0 Å². The van der Waals surface area contributed by atoms with Gasteiger partial charge in [0.15, 0.2) is 0 Å². The second kappa shape index (κ2) is 8.18. The van der Waals surface area contributed by atoms with Gasteiger partial charge in [-0.3, -0.25) is 9.59 Å². The molecule has 0 aliphatic carbocycles. The van der Waals surface area contributed by atoms with Crippen molar-refractivity contribution in [3.05, 3.63) is 0 Å². The third-order valence-corrected chi connectivity index (χ3v) is 4.12. The molecule has 7 heteroatoms. The Bertz CT molecular complexity index is 204. The van der Waals surface area contributed by atoms with Crippen molar-refractivity contribution in [2.45, 2.75) is 10.5 Å². The number of carbonyl (C=O) groups excluding carboxylic acids is 2. The number of hydrogen-bond donors (Lipinski definition) is 4. The van der Waals surface area contributed by atoms with E-state index in [4.69, 9.17) is 0 Å². The van der Waals surface area contributed by atoms with E-state index in [0.29, 0.717) is 11.5 Å². The molecule has 0 saturated carbocycles. The number of thioether (sulfide) groups is 1. The maximum Gasteiger partial charge on any atom is 0.233 e. The predicted octanol–water partition coefficient (Wildman–Crippen LogP) is -0.192. The summed E-state index contributed by atoms with van der Waals surface area (Å²) in [6, 6.07) is 0. The highest BCUT2D eigenvalue weighted by atomic mass is 32.2. The molecule has 0 aromatic heterocycles. The van der Waals surface area contributed by atoms with E-state index in [1.54, 1.807) is 14.1 Å². The van der Waals surface area contributed by atoms with Gasteiger partial charge in [-0.2, -0.15) is 37.0 Å². The lowest BCUT2D eigenvalue weighted by Crippen LogP contribution is -2.32. The summed E-state index contributed by atoms with van der Waals surface area (Å²) in [6.45, 7) is 0. The van der Waals surface area contributed by atoms with E-state index in [1.165, 1.54) is 11.8 Å². The Morgan fingerprint density at radius 1 is 1.07 bits per heavy atom. The predicted molar refractivity (Wildman–Crippen MR) is 71.0 cm³/mol. The Kier molecular flexibility index (Phi) is 8.17. The molecular formula is C8H16N2O2S3. The molecule has 2 unspecified atom stereocenters. The molecule has 0 aliphatic rings. The summed E-state index contributed by atoms with van der Waals surface area (Å²) in [5, 5.41) is 4.33. The van der Waals surface area contributed by atoms with E-state index in [-0.39, 0.29) is 22.3 Å². The lowest BCUT2D eigenvalue weighted by Gasteiger charge is -2.11. The van der Waals surface area contributed by atoms with Crippen LogP contribution in [0.15, 0.2) is 0 Å². The molecule has 4 nitrogen and oxygen atoms in total. The summed E-state index contributed by atoms with van der Waals surface area (Å²) in [5.74, 6) is 0.913. The number of rotatable bonds is 6. The summed E-state index contributed by atoms with van der Waals surface area (Å²) >= 11 is 9.73. The minimum Gasteiger partial charge on any atom is -0.358 e. The molecule has 0 aliphatic heterocycles. The fourth-order valence-corrected chi connectivity index (χ4v) is 2.55. The molecular weight excluding hydrogens is 252 g/mol. The Balaban J connectivity index is 3.70. The highest BCUT2D eigenvalue weighted by molar-refractivity contribution is 8.01. The van der Waals surface area contributed by atoms with Gasteiger partial charge >= 0.3 is 0 Å². The fourth-order valence-electron chi connectivity index (χ4n) is 0.776. The summed E-state index contributed by atoms with van der Waals surface area (Å²) in [5.41, 5.74) is 0. The van der Waals surface area contributed by atoms with Crippen LogP contribution in [0.4, 0.5) is 0 Å². The van der Waals surface area contributed by atoms with Crippen molar-refractivity contribution >= 4 is 48.8 Å². The highest BCUT2D eigenvalue weighted by Crippen LogP contribution is 2.12. The van der Waals surface area contributed by atoms with Gasteiger partial charge in [0.2, 0.25) is 11.8 Å². The molecule has 0 spiro atoms. The second-order valence-electron chi connectivity index (χ2n) is 2.80. The van der Waals surface area contributed by atoms with E-state index < -0.39 is 0 Å². The maximum atomic E-state index is 11.1. The normalized spacial score (nSPS) is 14.1. The summed E-state index contributed by atoms with van der Waals surface area (Å²) in [7, 11) is 3.14. The van der Waals surface area contributed by atoms with E-state index >= 15 is 0 Å². The molecule has 0 radical (unpaired) electrons. The summed E-state index contributed by atoms with van der Waals surface area (Å²) < 4.78 is 0. The van der Waals surface area contributed by atoms with E-state index in [9.17, 15) is 9.59 Å². The molecule has 2 amide bonds. The first-order chi connectivity index (χ1) is 7.02. The lowest BCUT2D eigenvalue weighted by atomic mass is 10.4. The number of nitrogens with one attached hydrogen (secondary N) is 2. The zero-order valence-electron chi connectivity index (χ0n) is 8.69. The maximum absolute atomic E-state index is 11.1. The van der Waals surface area contributed by atoms with Gasteiger partial charge in [-0.1, -0.05) is 0 Å². The molecule has 0 aromatic carbocycles. The summed E-state index contributed by atoms with van der Waals surface area (Å²) in [6.07, 6.45) is 0. The zero-order chi connectivity index (χ0) is 11.8. The first-order valence-corrected chi connectivity index (χ1v) is 6.58. The van der Waals surface area contributed by atoms with Crippen molar-refractivity contribution in [1.29, 1.82) is 0 Å². The van der Waals surface area contributed by atoms with Crippen LogP contribution in [0.3, 0.4) is 0 Å².